The first-order chi connectivity index (χ1) is 12.5. The van der Waals surface area contributed by atoms with Crippen molar-refractivity contribution < 1.29 is 9.59 Å². The average Bonchev–Trinajstić information content (AvgIpc) is 3.18. The lowest BCUT2D eigenvalue weighted by molar-refractivity contribution is -0.115. The lowest BCUT2D eigenvalue weighted by atomic mass is 10.1. The van der Waals surface area contributed by atoms with Gasteiger partial charge in [0, 0.05) is 29.3 Å². The molecule has 0 saturated carbocycles. The van der Waals surface area contributed by atoms with Gasteiger partial charge in [-0.1, -0.05) is 18.2 Å². The van der Waals surface area contributed by atoms with Crippen molar-refractivity contribution in [3.8, 4) is 5.69 Å². The molecule has 0 saturated heterocycles. The number of para-hydroxylation sites is 1. The first-order valence-corrected chi connectivity index (χ1v) is 8.42. The summed E-state index contributed by atoms with van der Waals surface area (Å²) in [5, 5.41) is 5.51. The van der Waals surface area contributed by atoms with Crippen molar-refractivity contribution in [1.29, 1.82) is 0 Å². The van der Waals surface area contributed by atoms with E-state index in [-0.39, 0.29) is 18.4 Å². The Morgan fingerprint density at radius 1 is 0.885 bits per heavy atom. The first kappa shape index (κ1) is 17.5. The van der Waals surface area contributed by atoms with Crippen LogP contribution in [0.5, 0.6) is 0 Å². The number of hydrogen-bond acceptors (Lipinski definition) is 2. The van der Waals surface area contributed by atoms with Gasteiger partial charge in [-0.25, -0.2) is 0 Å². The Bertz CT molecular complexity index is 893. The molecule has 5 heteroatoms. The Morgan fingerprint density at radius 2 is 1.50 bits per heavy atom. The van der Waals surface area contributed by atoms with E-state index in [1.54, 1.807) is 12.1 Å². The third kappa shape index (κ3) is 4.00. The van der Waals surface area contributed by atoms with Crippen molar-refractivity contribution in [1.82, 2.24) is 9.88 Å². The molecular formula is C21H21N3O2. The van der Waals surface area contributed by atoms with E-state index in [0.29, 0.717) is 5.56 Å². The fraction of sp³-hybridized carbons (Fsp3) is 0.143. The zero-order valence-corrected chi connectivity index (χ0v) is 14.8. The quantitative estimate of drug-likeness (QED) is 0.742. The van der Waals surface area contributed by atoms with Gasteiger partial charge in [-0.3, -0.25) is 9.59 Å². The van der Waals surface area contributed by atoms with Crippen LogP contribution in [-0.4, -0.2) is 22.9 Å². The van der Waals surface area contributed by atoms with E-state index in [2.05, 4.69) is 10.6 Å². The van der Waals surface area contributed by atoms with Crippen molar-refractivity contribution in [2.75, 3.05) is 11.9 Å². The summed E-state index contributed by atoms with van der Waals surface area (Å²) in [5.74, 6) is -0.527. The smallest absolute Gasteiger partial charge is 0.251 e. The van der Waals surface area contributed by atoms with E-state index >= 15 is 0 Å². The Morgan fingerprint density at radius 3 is 2.12 bits per heavy atom. The second-order valence-corrected chi connectivity index (χ2v) is 6.13. The van der Waals surface area contributed by atoms with Crippen molar-refractivity contribution in [3.63, 3.8) is 0 Å². The van der Waals surface area contributed by atoms with E-state index in [1.165, 1.54) is 0 Å². The summed E-state index contributed by atoms with van der Waals surface area (Å²) in [5.41, 5.74) is 4.26. The van der Waals surface area contributed by atoms with Gasteiger partial charge in [0.1, 0.15) is 0 Å². The second kappa shape index (κ2) is 7.70. The van der Waals surface area contributed by atoms with Crippen LogP contribution in [0.2, 0.25) is 0 Å². The van der Waals surface area contributed by atoms with E-state index in [0.717, 1.165) is 22.5 Å². The number of aryl methyl sites for hydroxylation is 2. The van der Waals surface area contributed by atoms with Crippen molar-refractivity contribution in [2.24, 2.45) is 0 Å². The number of hydrogen-bond donors (Lipinski definition) is 2. The van der Waals surface area contributed by atoms with Gasteiger partial charge in [0.05, 0.1) is 6.54 Å². The molecule has 0 radical (unpaired) electrons. The standard InChI is InChI=1S/C21H21N3O2/c1-15-6-5-7-16(2)20(15)23-19(25)14-22-21(26)17-8-10-18(11-9-17)24-12-3-4-13-24/h3-13H,14H2,1-2H3,(H,22,26)(H,23,25). The minimum absolute atomic E-state index is 0.0774. The Kier molecular flexibility index (Phi) is 5.17. The average molecular weight is 347 g/mol. The number of anilines is 1. The highest BCUT2D eigenvalue weighted by Gasteiger charge is 2.10. The number of benzene rings is 2. The minimum Gasteiger partial charge on any atom is -0.343 e. The largest absolute Gasteiger partial charge is 0.343 e. The molecule has 0 bridgehead atoms. The normalized spacial score (nSPS) is 10.4. The van der Waals surface area contributed by atoms with Crippen molar-refractivity contribution in [3.05, 3.63) is 83.7 Å². The maximum Gasteiger partial charge on any atom is 0.251 e. The van der Waals surface area contributed by atoms with E-state index in [1.807, 2.05) is 73.3 Å². The molecule has 0 aliphatic rings. The number of rotatable bonds is 5. The molecule has 3 rings (SSSR count). The molecule has 3 aromatic rings. The zero-order chi connectivity index (χ0) is 18.5. The Hall–Kier alpha value is -3.34. The monoisotopic (exact) mass is 347 g/mol. The number of aromatic nitrogens is 1. The predicted octanol–water partition coefficient (Wildman–Crippen LogP) is 3.46. The number of nitrogens with zero attached hydrogens (tertiary/aromatic N) is 1. The van der Waals surface area contributed by atoms with Crippen molar-refractivity contribution in [2.45, 2.75) is 13.8 Å². The van der Waals surface area contributed by atoms with Crippen LogP contribution in [-0.2, 0) is 4.79 Å². The SMILES string of the molecule is Cc1cccc(C)c1NC(=O)CNC(=O)c1ccc(-n2cccc2)cc1. The van der Waals surface area contributed by atoms with Crippen LogP contribution >= 0.6 is 0 Å². The molecule has 2 amide bonds. The summed E-state index contributed by atoms with van der Waals surface area (Å²) in [6, 6.07) is 16.9. The van der Waals surface area contributed by atoms with E-state index < -0.39 is 0 Å². The number of carbonyl (C=O) groups excluding carboxylic acids is 2. The van der Waals surface area contributed by atoms with Crippen LogP contribution in [0.4, 0.5) is 5.69 Å². The highest BCUT2D eigenvalue weighted by Crippen LogP contribution is 2.19. The molecule has 5 nitrogen and oxygen atoms in total. The molecule has 26 heavy (non-hydrogen) atoms. The molecule has 0 atom stereocenters. The summed E-state index contributed by atoms with van der Waals surface area (Å²) in [6.07, 6.45) is 3.87. The van der Waals surface area contributed by atoms with Gasteiger partial charge in [-0.15, -0.1) is 0 Å². The molecule has 132 valence electrons. The molecule has 1 heterocycles. The number of carbonyl (C=O) groups is 2. The predicted molar refractivity (Wildman–Crippen MR) is 103 cm³/mol. The van der Waals surface area contributed by atoms with Crippen LogP contribution < -0.4 is 10.6 Å². The highest BCUT2D eigenvalue weighted by molar-refractivity contribution is 5.99. The molecule has 0 unspecified atom stereocenters. The van der Waals surface area contributed by atoms with Gasteiger partial charge in [0.2, 0.25) is 5.91 Å². The number of amides is 2. The fourth-order valence-electron chi connectivity index (χ4n) is 2.75. The Labute approximate surface area is 152 Å². The lowest BCUT2D eigenvalue weighted by Crippen LogP contribution is -2.33. The lowest BCUT2D eigenvalue weighted by Gasteiger charge is -2.12. The summed E-state index contributed by atoms with van der Waals surface area (Å²) in [4.78, 5) is 24.4. The van der Waals surface area contributed by atoms with E-state index in [4.69, 9.17) is 0 Å². The molecule has 1 aromatic heterocycles. The minimum atomic E-state index is -0.277. The van der Waals surface area contributed by atoms with Gasteiger partial charge >= 0.3 is 0 Å². The van der Waals surface area contributed by atoms with E-state index in [9.17, 15) is 9.59 Å². The van der Waals surface area contributed by atoms with Crippen LogP contribution in [0.1, 0.15) is 21.5 Å². The van der Waals surface area contributed by atoms with Gasteiger partial charge in [0.25, 0.3) is 5.91 Å². The maximum absolute atomic E-state index is 12.2. The molecule has 0 fully saturated rings. The van der Waals surface area contributed by atoms with Crippen LogP contribution in [0.25, 0.3) is 5.69 Å². The molecule has 2 aromatic carbocycles. The number of nitrogens with one attached hydrogen (secondary N) is 2. The van der Waals surface area contributed by atoms with Crippen LogP contribution in [0.15, 0.2) is 67.0 Å². The van der Waals surface area contributed by atoms with Crippen LogP contribution in [0, 0.1) is 13.8 Å². The molecular weight excluding hydrogens is 326 g/mol. The summed E-state index contributed by atoms with van der Waals surface area (Å²) < 4.78 is 1.96. The summed E-state index contributed by atoms with van der Waals surface area (Å²) in [7, 11) is 0. The third-order valence-electron chi connectivity index (χ3n) is 4.19. The summed E-state index contributed by atoms with van der Waals surface area (Å²) >= 11 is 0. The van der Waals surface area contributed by atoms with Crippen LogP contribution in [0.3, 0.4) is 0 Å². The van der Waals surface area contributed by atoms with Gasteiger partial charge in [-0.05, 0) is 61.4 Å². The van der Waals surface area contributed by atoms with Gasteiger partial charge < -0.3 is 15.2 Å². The first-order valence-electron chi connectivity index (χ1n) is 8.42. The van der Waals surface area contributed by atoms with Gasteiger partial charge in [-0.2, -0.15) is 0 Å². The van der Waals surface area contributed by atoms with Gasteiger partial charge in [0.15, 0.2) is 0 Å². The third-order valence-corrected chi connectivity index (χ3v) is 4.19. The fourth-order valence-corrected chi connectivity index (χ4v) is 2.75. The molecule has 0 aliphatic heterocycles. The Balaban J connectivity index is 1.57. The highest BCUT2D eigenvalue weighted by atomic mass is 16.2. The topological polar surface area (TPSA) is 63.1 Å². The molecule has 2 N–H and O–H groups in total. The maximum atomic E-state index is 12.2. The zero-order valence-electron chi connectivity index (χ0n) is 14.8. The molecule has 0 spiro atoms. The second-order valence-electron chi connectivity index (χ2n) is 6.13. The summed E-state index contributed by atoms with van der Waals surface area (Å²) in [6.45, 7) is 3.80. The van der Waals surface area contributed by atoms with Crippen molar-refractivity contribution >= 4 is 17.5 Å². The molecule has 0 aliphatic carbocycles.